The largest absolute Gasteiger partial charge is 0.475 e. The van der Waals surface area contributed by atoms with Crippen molar-refractivity contribution < 1.29 is 14.3 Å². The first-order valence-corrected chi connectivity index (χ1v) is 3.76. The predicted octanol–water partition coefficient (Wildman–Crippen LogP) is 0.869. The number of hydrogen-bond donors (Lipinski definition) is 2. The molecule has 1 aromatic rings. The number of aromatic carboxylic acids is 1. The molecular formula is C8H11NO3. The summed E-state index contributed by atoms with van der Waals surface area (Å²) in [4.78, 5) is 10.4. The lowest BCUT2D eigenvalue weighted by Crippen LogP contribution is -1.99. The number of aryl methyl sites for hydroxylation is 1. The summed E-state index contributed by atoms with van der Waals surface area (Å²) in [6.45, 7) is 0.586. The number of carboxylic acids is 1. The van der Waals surface area contributed by atoms with Crippen LogP contribution in [0.4, 0.5) is 0 Å². The summed E-state index contributed by atoms with van der Waals surface area (Å²) in [5, 5.41) is 8.51. The Kier molecular flexibility index (Phi) is 2.88. The fourth-order valence-corrected chi connectivity index (χ4v) is 0.904. The van der Waals surface area contributed by atoms with Crippen molar-refractivity contribution in [2.24, 2.45) is 5.73 Å². The number of hydrogen-bond acceptors (Lipinski definition) is 3. The van der Waals surface area contributed by atoms with E-state index in [1.54, 1.807) is 6.07 Å². The molecule has 0 bridgehead atoms. The van der Waals surface area contributed by atoms with Gasteiger partial charge >= 0.3 is 5.97 Å². The highest BCUT2D eigenvalue weighted by Crippen LogP contribution is 2.09. The highest BCUT2D eigenvalue weighted by molar-refractivity contribution is 5.84. The van der Waals surface area contributed by atoms with E-state index < -0.39 is 5.97 Å². The Morgan fingerprint density at radius 3 is 2.83 bits per heavy atom. The van der Waals surface area contributed by atoms with Gasteiger partial charge in [-0.3, -0.25) is 0 Å². The SMILES string of the molecule is NCCCc1ccc(C(=O)O)o1. The highest BCUT2D eigenvalue weighted by atomic mass is 16.4. The lowest BCUT2D eigenvalue weighted by molar-refractivity contribution is 0.0660. The Labute approximate surface area is 70.0 Å². The van der Waals surface area contributed by atoms with Gasteiger partial charge in [-0.1, -0.05) is 0 Å². The van der Waals surface area contributed by atoms with Crippen LogP contribution < -0.4 is 5.73 Å². The second-order valence-corrected chi connectivity index (χ2v) is 2.46. The summed E-state index contributed by atoms with van der Waals surface area (Å²) in [5.41, 5.74) is 5.28. The predicted molar refractivity (Wildman–Crippen MR) is 43.0 cm³/mol. The van der Waals surface area contributed by atoms with E-state index in [0.717, 1.165) is 6.42 Å². The number of carbonyl (C=O) groups is 1. The van der Waals surface area contributed by atoms with Crippen LogP contribution in [0.15, 0.2) is 16.5 Å². The molecule has 0 unspecified atom stereocenters. The van der Waals surface area contributed by atoms with Crippen molar-refractivity contribution in [2.45, 2.75) is 12.8 Å². The lowest BCUT2D eigenvalue weighted by atomic mass is 10.2. The first-order valence-electron chi connectivity index (χ1n) is 3.76. The molecule has 0 fully saturated rings. The minimum atomic E-state index is -1.03. The maximum absolute atomic E-state index is 10.4. The molecule has 0 spiro atoms. The van der Waals surface area contributed by atoms with Gasteiger partial charge in [0.25, 0.3) is 0 Å². The minimum Gasteiger partial charge on any atom is -0.475 e. The molecule has 4 nitrogen and oxygen atoms in total. The molecule has 0 aromatic carbocycles. The monoisotopic (exact) mass is 169 g/mol. The molecular weight excluding hydrogens is 158 g/mol. The number of furan rings is 1. The summed E-state index contributed by atoms with van der Waals surface area (Å²) < 4.78 is 4.99. The molecule has 4 heteroatoms. The average molecular weight is 169 g/mol. The minimum absolute atomic E-state index is 0.0120. The van der Waals surface area contributed by atoms with Crippen molar-refractivity contribution in [3.8, 4) is 0 Å². The van der Waals surface area contributed by atoms with Crippen molar-refractivity contribution in [3.63, 3.8) is 0 Å². The molecule has 66 valence electrons. The number of rotatable bonds is 4. The van der Waals surface area contributed by atoms with E-state index in [2.05, 4.69) is 0 Å². The topological polar surface area (TPSA) is 76.5 Å². The van der Waals surface area contributed by atoms with E-state index in [1.807, 2.05) is 0 Å². The molecule has 0 aliphatic carbocycles. The van der Waals surface area contributed by atoms with Crippen molar-refractivity contribution in [2.75, 3.05) is 6.54 Å². The van der Waals surface area contributed by atoms with Crippen molar-refractivity contribution in [3.05, 3.63) is 23.7 Å². The van der Waals surface area contributed by atoms with E-state index in [9.17, 15) is 4.79 Å². The molecule has 1 rings (SSSR count). The smallest absolute Gasteiger partial charge is 0.371 e. The molecule has 0 aliphatic heterocycles. The maximum atomic E-state index is 10.4. The molecule has 0 saturated carbocycles. The van der Waals surface area contributed by atoms with E-state index in [1.165, 1.54) is 6.07 Å². The van der Waals surface area contributed by atoms with E-state index >= 15 is 0 Å². The summed E-state index contributed by atoms with van der Waals surface area (Å²) in [6, 6.07) is 3.12. The van der Waals surface area contributed by atoms with Crippen LogP contribution in [0, 0.1) is 0 Å². The van der Waals surface area contributed by atoms with Gasteiger partial charge in [-0.2, -0.15) is 0 Å². The Hall–Kier alpha value is -1.29. The van der Waals surface area contributed by atoms with Crippen LogP contribution >= 0.6 is 0 Å². The summed E-state index contributed by atoms with van der Waals surface area (Å²) >= 11 is 0. The zero-order valence-electron chi connectivity index (χ0n) is 6.62. The normalized spacial score (nSPS) is 10.1. The Morgan fingerprint density at radius 1 is 1.58 bits per heavy atom. The molecule has 1 aromatic heterocycles. The van der Waals surface area contributed by atoms with Gasteiger partial charge in [0.2, 0.25) is 5.76 Å². The van der Waals surface area contributed by atoms with E-state index in [0.29, 0.717) is 18.7 Å². The quantitative estimate of drug-likeness (QED) is 0.701. The van der Waals surface area contributed by atoms with Gasteiger partial charge in [0.15, 0.2) is 0 Å². The van der Waals surface area contributed by atoms with Gasteiger partial charge in [0, 0.05) is 6.42 Å². The van der Waals surface area contributed by atoms with E-state index in [4.69, 9.17) is 15.3 Å². The zero-order chi connectivity index (χ0) is 8.97. The third kappa shape index (κ3) is 2.10. The third-order valence-corrected chi connectivity index (χ3v) is 1.50. The molecule has 0 atom stereocenters. The van der Waals surface area contributed by atoms with Crippen LogP contribution in [-0.4, -0.2) is 17.6 Å². The summed E-state index contributed by atoms with van der Waals surface area (Å²) in [7, 11) is 0. The summed E-state index contributed by atoms with van der Waals surface area (Å²) in [5.74, 6) is -0.367. The van der Waals surface area contributed by atoms with E-state index in [-0.39, 0.29) is 5.76 Å². The highest BCUT2D eigenvalue weighted by Gasteiger charge is 2.07. The van der Waals surface area contributed by atoms with Crippen LogP contribution in [0.5, 0.6) is 0 Å². The molecule has 1 heterocycles. The van der Waals surface area contributed by atoms with Crippen LogP contribution in [0.3, 0.4) is 0 Å². The number of carboxylic acid groups (broad SMARTS) is 1. The van der Waals surface area contributed by atoms with Crippen molar-refractivity contribution >= 4 is 5.97 Å². The first-order chi connectivity index (χ1) is 5.74. The number of nitrogens with two attached hydrogens (primary N) is 1. The zero-order valence-corrected chi connectivity index (χ0v) is 6.62. The van der Waals surface area contributed by atoms with Crippen LogP contribution in [0.25, 0.3) is 0 Å². The van der Waals surface area contributed by atoms with Gasteiger partial charge in [0.1, 0.15) is 5.76 Å². The van der Waals surface area contributed by atoms with Gasteiger partial charge < -0.3 is 15.3 Å². The molecule has 12 heavy (non-hydrogen) atoms. The Morgan fingerprint density at radius 2 is 2.33 bits per heavy atom. The standard InChI is InChI=1S/C8H11NO3/c9-5-1-2-6-3-4-7(12-6)8(10)11/h3-4H,1-2,5,9H2,(H,10,11). The molecule has 0 radical (unpaired) electrons. The van der Waals surface area contributed by atoms with Crippen molar-refractivity contribution in [1.82, 2.24) is 0 Å². The fourth-order valence-electron chi connectivity index (χ4n) is 0.904. The lowest BCUT2D eigenvalue weighted by Gasteiger charge is -1.92. The summed E-state index contributed by atoms with van der Waals surface area (Å²) in [6.07, 6.45) is 1.51. The molecule has 0 amide bonds. The van der Waals surface area contributed by atoms with Crippen LogP contribution in [0.1, 0.15) is 22.7 Å². The third-order valence-electron chi connectivity index (χ3n) is 1.50. The van der Waals surface area contributed by atoms with Crippen LogP contribution in [0.2, 0.25) is 0 Å². The first kappa shape index (κ1) is 8.80. The maximum Gasteiger partial charge on any atom is 0.371 e. The van der Waals surface area contributed by atoms with Gasteiger partial charge in [-0.05, 0) is 25.1 Å². The fraction of sp³-hybridized carbons (Fsp3) is 0.375. The Balaban J connectivity index is 2.58. The molecule has 0 aliphatic rings. The van der Waals surface area contributed by atoms with Gasteiger partial charge in [0.05, 0.1) is 0 Å². The van der Waals surface area contributed by atoms with Gasteiger partial charge in [-0.15, -0.1) is 0 Å². The average Bonchev–Trinajstić information content (AvgIpc) is 2.48. The van der Waals surface area contributed by atoms with Gasteiger partial charge in [-0.25, -0.2) is 4.79 Å². The molecule has 0 saturated heterocycles. The second-order valence-electron chi connectivity index (χ2n) is 2.46. The van der Waals surface area contributed by atoms with Crippen LogP contribution in [-0.2, 0) is 6.42 Å². The second kappa shape index (κ2) is 3.92. The Bertz CT molecular complexity index is 267. The van der Waals surface area contributed by atoms with Crippen molar-refractivity contribution in [1.29, 1.82) is 0 Å². The molecule has 3 N–H and O–H groups in total.